The molecule has 116 valence electrons. The van der Waals surface area contributed by atoms with Gasteiger partial charge >= 0.3 is 11.7 Å². The second-order valence-corrected chi connectivity index (χ2v) is 5.17. The summed E-state index contributed by atoms with van der Waals surface area (Å²) in [5, 5.41) is 0. The molecule has 0 radical (unpaired) electrons. The molecule has 1 aliphatic heterocycles. The summed E-state index contributed by atoms with van der Waals surface area (Å²) in [6, 6.07) is 7.01. The number of unbranched alkanes of at least 4 members (excludes halogenated alkanes) is 1. The van der Waals surface area contributed by atoms with Gasteiger partial charge in [0.1, 0.15) is 5.75 Å². The van der Waals surface area contributed by atoms with E-state index in [1.165, 1.54) is 9.36 Å². The summed E-state index contributed by atoms with van der Waals surface area (Å²) >= 11 is 0. The number of ether oxygens (including phenoxy) is 1. The molecule has 0 saturated heterocycles. The van der Waals surface area contributed by atoms with Gasteiger partial charge in [0, 0.05) is 18.3 Å². The smallest absolute Gasteiger partial charge is 0.364 e. The van der Waals surface area contributed by atoms with Crippen LogP contribution in [0, 0.1) is 0 Å². The van der Waals surface area contributed by atoms with E-state index in [4.69, 9.17) is 4.74 Å². The second-order valence-electron chi connectivity index (χ2n) is 5.17. The molecule has 0 unspecified atom stereocenters. The average Bonchev–Trinajstić information content (AvgIpc) is 3.01. The van der Waals surface area contributed by atoms with Crippen LogP contribution in [0.5, 0.6) is 5.75 Å². The summed E-state index contributed by atoms with van der Waals surface area (Å²) in [7, 11) is 1.58. The maximum Gasteiger partial charge on any atom is 0.364 e. The summed E-state index contributed by atoms with van der Waals surface area (Å²) in [5.74, 6) is 1.16. The molecule has 2 heterocycles. The van der Waals surface area contributed by atoms with Crippen molar-refractivity contribution in [2.45, 2.75) is 32.9 Å². The quantitative estimate of drug-likeness (QED) is 0.845. The highest BCUT2D eigenvalue weighted by Crippen LogP contribution is 2.26. The SMILES string of the molecule is CCCCn1c(=O)nc2n1C(=O)N(c1cccc(OC)c1)C2. The molecule has 2 aromatic rings. The van der Waals surface area contributed by atoms with Gasteiger partial charge in [0.05, 0.1) is 13.7 Å². The van der Waals surface area contributed by atoms with Crippen molar-refractivity contribution in [3.8, 4) is 5.75 Å². The molecule has 0 N–H and O–H groups in total. The topological polar surface area (TPSA) is 69.4 Å². The number of hydrogen-bond acceptors (Lipinski definition) is 4. The minimum atomic E-state index is -0.359. The average molecular weight is 302 g/mol. The van der Waals surface area contributed by atoms with Gasteiger partial charge in [0.25, 0.3) is 0 Å². The number of carbonyl (C=O) groups is 1. The fourth-order valence-corrected chi connectivity index (χ4v) is 2.56. The number of rotatable bonds is 5. The molecule has 0 spiro atoms. The molecule has 7 heteroatoms. The summed E-state index contributed by atoms with van der Waals surface area (Å²) in [5.41, 5.74) is 0.367. The molecule has 0 atom stereocenters. The van der Waals surface area contributed by atoms with Crippen LogP contribution in [0.15, 0.2) is 29.1 Å². The summed E-state index contributed by atoms with van der Waals surface area (Å²) in [6.45, 7) is 2.83. The van der Waals surface area contributed by atoms with E-state index in [0.717, 1.165) is 18.5 Å². The van der Waals surface area contributed by atoms with Crippen LogP contribution in [0.4, 0.5) is 10.5 Å². The lowest BCUT2D eigenvalue weighted by Crippen LogP contribution is -2.33. The van der Waals surface area contributed by atoms with E-state index >= 15 is 0 Å². The molecule has 3 rings (SSSR count). The molecule has 7 nitrogen and oxygen atoms in total. The molecular formula is C15H18N4O3. The highest BCUT2D eigenvalue weighted by atomic mass is 16.5. The number of amides is 1. The van der Waals surface area contributed by atoms with E-state index in [2.05, 4.69) is 4.98 Å². The lowest BCUT2D eigenvalue weighted by Gasteiger charge is -2.16. The molecule has 0 bridgehead atoms. The molecule has 1 aromatic carbocycles. The van der Waals surface area contributed by atoms with Crippen molar-refractivity contribution in [3.05, 3.63) is 40.6 Å². The Hall–Kier alpha value is -2.57. The van der Waals surface area contributed by atoms with Gasteiger partial charge in [0.2, 0.25) is 0 Å². The third-order valence-corrected chi connectivity index (χ3v) is 3.73. The zero-order valence-corrected chi connectivity index (χ0v) is 12.7. The predicted octanol–water partition coefficient (Wildman–Crippen LogP) is 1.84. The van der Waals surface area contributed by atoms with Gasteiger partial charge < -0.3 is 4.74 Å². The lowest BCUT2D eigenvalue weighted by molar-refractivity contribution is 0.243. The van der Waals surface area contributed by atoms with Gasteiger partial charge in [-0.15, -0.1) is 0 Å². The first-order valence-corrected chi connectivity index (χ1v) is 7.30. The first-order chi connectivity index (χ1) is 10.7. The van der Waals surface area contributed by atoms with Crippen LogP contribution in [0.2, 0.25) is 0 Å². The lowest BCUT2D eigenvalue weighted by atomic mass is 10.3. The van der Waals surface area contributed by atoms with Crippen molar-refractivity contribution in [2.24, 2.45) is 0 Å². The Bertz CT molecular complexity index is 762. The van der Waals surface area contributed by atoms with E-state index in [1.807, 2.05) is 25.1 Å². The molecule has 22 heavy (non-hydrogen) atoms. The highest BCUT2D eigenvalue weighted by Gasteiger charge is 2.33. The number of benzene rings is 1. The van der Waals surface area contributed by atoms with Gasteiger partial charge in [-0.05, 0) is 18.6 Å². The Balaban J connectivity index is 1.94. The third kappa shape index (κ3) is 2.28. The van der Waals surface area contributed by atoms with Crippen LogP contribution in [0.3, 0.4) is 0 Å². The zero-order chi connectivity index (χ0) is 15.7. The van der Waals surface area contributed by atoms with Crippen LogP contribution >= 0.6 is 0 Å². The van der Waals surface area contributed by atoms with Crippen LogP contribution in [-0.2, 0) is 13.1 Å². The molecule has 0 saturated carbocycles. The second kappa shape index (κ2) is 5.67. The van der Waals surface area contributed by atoms with E-state index in [1.54, 1.807) is 18.1 Å². The van der Waals surface area contributed by atoms with Crippen molar-refractivity contribution in [1.82, 2.24) is 14.3 Å². The van der Waals surface area contributed by atoms with Crippen LogP contribution in [0.1, 0.15) is 25.6 Å². The van der Waals surface area contributed by atoms with Crippen molar-refractivity contribution >= 4 is 11.7 Å². The van der Waals surface area contributed by atoms with Crippen molar-refractivity contribution in [3.63, 3.8) is 0 Å². The first-order valence-electron chi connectivity index (χ1n) is 7.30. The molecule has 1 aliphatic rings. The van der Waals surface area contributed by atoms with Crippen molar-refractivity contribution in [1.29, 1.82) is 0 Å². The van der Waals surface area contributed by atoms with E-state index in [0.29, 0.717) is 24.7 Å². The van der Waals surface area contributed by atoms with E-state index in [9.17, 15) is 9.59 Å². The molecule has 0 fully saturated rings. The van der Waals surface area contributed by atoms with Crippen LogP contribution in [0.25, 0.3) is 0 Å². The number of fused-ring (bicyclic) bond motifs is 1. The zero-order valence-electron chi connectivity index (χ0n) is 12.7. The standard InChI is InChI=1S/C15H18N4O3/c1-3-4-8-18-14(20)16-13-10-17(15(21)19(13)18)11-6-5-7-12(9-11)22-2/h5-7,9H,3-4,8,10H2,1-2H3. The van der Waals surface area contributed by atoms with Gasteiger partial charge in [-0.3, -0.25) is 4.90 Å². The fraction of sp³-hybridized carbons (Fsp3) is 0.400. The van der Waals surface area contributed by atoms with E-state index in [-0.39, 0.29) is 11.7 Å². The fourth-order valence-electron chi connectivity index (χ4n) is 2.56. The monoisotopic (exact) mass is 302 g/mol. The summed E-state index contributed by atoms with van der Waals surface area (Å²) in [6.07, 6.45) is 1.78. The first kappa shape index (κ1) is 14.4. The number of anilines is 1. The molecule has 1 aromatic heterocycles. The number of aromatic nitrogens is 3. The third-order valence-electron chi connectivity index (χ3n) is 3.73. The van der Waals surface area contributed by atoms with Gasteiger partial charge in [-0.25, -0.2) is 14.3 Å². The Morgan fingerprint density at radius 1 is 1.32 bits per heavy atom. The minimum absolute atomic E-state index is 0.256. The largest absolute Gasteiger partial charge is 0.497 e. The maximum absolute atomic E-state index is 12.6. The minimum Gasteiger partial charge on any atom is -0.497 e. The normalized spacial score (nSPS) is 13.5. The van der Waals surface area contributed by atoms with Crippen molar-refractivity contribution in [2.75, 3.05) is 12.0 Å². The van der Waals surface area contributed by atoms with Gasteiger partial charge in [0.15, 0.2) is 5.82 Å². The molecule has 1 amide bonds. The Labute approximate surface area is 127 Å². The van der Waals surface area contributed by atoms with Crippen LogP contribution < -0.4 is 15.3 Å². The van der Waals surface area contributed by atoms with Gasteiger partial charge in [-0.2, -0.15) is 9.67 Å². The Kier molecular flexibility index (Phi) is 3.70. The maximum atomic E-state index is 12.6. The van der Waals surface area contributed by atoms with Crippen LogP contribution in [-0.4, -0.2) is 27.5 Å². The Morgan fingerprint density at radius 3 is 2.86 bits per heavy atom. The number of methoxy groups -OCH3 is 1. The number of carbonyl (C=O) groups excluding carboxylic acids is 1. The molecular weight excluding hydrogens is 284 g/mol. The summed E-state index contributed by atoms with van der Waals surface area (Å²) in [4.78, 5) is 30.1. The Morgan fingerprint density at radius 2 is 2.14 bits per heavy atom. The number of nitrogens with zero attached hydrogens (tertiary/aromatic N) is 4. The molecule has 0 aliphatic carbocycles. The number of hydrogen-bond donors (Lipinski definition) is 0. The predicted molar refractivity (Wildman–Crippen MR) is 81.4 cm³/mol. The van der Waals surface area contributed by atoms with E-state index < -0.39 is 0 Å². The van der Waals surface area contributed by atoms with Gasteiger partial charge in [-0.1, -0.05) is 19.4 Å². The highest BCUT2D eigenvalue weighted by molar-refractivity contribution is 5.95. The summed E-state index contributed by atoms with van der Waals surface area (Å²) < 4.78 is 7.99. The van der Waals surface area contributed by atoms with Crippen molar-refractivity contribution < 1.29 is 9.53 Å².